The first-order chi connectivity index (χ1) is 10.6. The highest BCUT2D eigenvalue weighted by molar-refractivity contribution is 6.06. The fourth-order valence-electron chi connectivity index (χ4n) is 4.04. The second kappa shape index (κ2) is 13.2. The highest BCUT2D eigenvalue weighted by atomic mass is 28.2. The summed E-state index contributed by atoms with van der Waals surface area (Å²) >= 11 is 0. The Bertz CT molecular complexity index is 273. The number of unbranched alkanes of at least 4 members (excludes halogenated alkanes) is 4. The summed E-state index contributed by atoms with van der Waals surface area (Å²) in [6.45, 7) is 8.91. The highest BCUT2D eigenvalue weighted by Crippen LogP contribution is 2.44. The summed E-state index contributed by atoms with van der Waals surface area (Å²) in [6.07, 6.45) is 14.3. The van der Waals surface area contributed by atoms with Gasteiger partial charge in [0.1, 0.15) is 0 Å². The molecule has 22 heavy (non-hydrogen) atoms. The van der Waals surface area contributed by atoms with Crippen LogP contribution < -0.4 is 0 Å². The molecular weight excluding hydrogens is 288 g/mol. The van der Waals surface area contributed by atoms with E-state index in [2.05, 4.69) is 27.7 Å². The van der Waals surface area contributed by atoms with Crippen molar-refractivity contribution in [2.24, 2.45) is 11.3 Å². The lowest BCUT2D eigenvalue weighted by molar-refractivity contribution is -0.151. The summed E-state index contributed by atoms with van der Waals surface area (Å²) < 4.78 is 5.39. The van der Waals surface area contributed by atoms with E-state index in [0.29, 0.717) is 16.4 Å². The summed E-state index contributed by atoms with van der Waals surface area (Å²) in [7, 11) is 0.525. The average Bonchev–Trinajstić information content (AvgIpc) is 2.52. The molecule has 0 bridgehead atoms. The minimum atomic E-state index is -0.202. The zero-order valence-electron chi connectivity index (χ0n) is 15.9. The monoisotopic (exact) mass is 328 g/mol. The first kappa shape index (κ1) is 21.7. The van der Waals surface area contributed by atoms with Crippen molar-refractivity contribution in [3.8, 4) is 0 Å². The Morgan fingerprint density at radius 3 is 1.91 bits per heavy atom. The summed E-state index contributed by atoms with van der Waals surface area (Å²) in [5.41, 5.74) is -0.202. The fourth-order valence-corrected chi connectivity index (χ4v) is 4.45. The third-order valence-electron chi connectivity index (χ3n) is 5.06. The number of hydrogen-bond acceptors (Lipinski definition) is 2. The van der Waals surface area contributed by atoms with Crippen LogP contribution in [0.4, 0.5) is 0 Å². The quantitative estimate of drug-likeness (QED) is 0.325. The second-order valence-electron chi connectivity index (χ2n) is 6.84. The molecule has 0 N–H and O–H groups in total. The standard InChI is InChI=1S/C19H40O2Si/c1-5-9-10-11-12-14-17(13-6-2)19(15-7-3,16-8-4)18(20)21-22/h17H,5-16H2,1-4,22H3. The maximum absolute atomic E-state index is 12.7. The van der Waals surface area contributed by atoms with Crippen LogP contribution >= 0.6 is 0 Å². The van der Waals surface area contributed by atoms with Crippen LogP contribution in [0.25, 0.3) is 0 Å². The predicted octanol–water partition coefficient (Wildman–Crippen LogP) is 5.17. The molecular formula is C19H40O2Si. The minimum absolute atomic E-state index is 0.106. The zero-order chi connectivity index (χ0) is 16.8. The van der Waals surface area contributed by atoms with Crippen molar-refractivity contribution < 1.29 is 9.22 Å². The fraction of sp³-hybridized carbons (Fsp3) is 0.947. The average molecular weight is 329 g/mol. The number of carbonyl (C=O) groups is 1. The smallest absolute Gasteiger partial charge is 0.298 e. The molecule has 132 valence electrons. The Morgan fingerprint density at radius 1 is 0.864 bits per heavy atom. The molecule has 0 aromatic heterocycles. The van der Waals surface area contributed by atoms with Crippen molar-refractivity contribution in [2.75, 3.05) is 0 Å². The van der Waals surface area contributed by atoms with Crippen LogP contribution in [0.2, 0.25) is 0 Å². The van der Waals surface area contributed by atoms with Crippen LogP contribution in [-0.2, 0) is 9.22 Å². The van der Waals surface area contributed by atoms with Crippen molar-refractivity contribution in [1.82, 2.24) is 0 Å². The summed E-state index contributed by atoms with van der Waals surface area (Å²) in [4.78, 5) is 12.7. The van der Waals surface area contributed by atoms with Gasteiger partial charge in [0, 0.05) is 0 Å². The third kappa shape index (κ3) is 6.85. The Hall–Kier alpha value is -0.313. The molecule has 0 heterocycles. The highest BCUT2D eigenvalue weighted by Gasteiger charge is 2.43. The van der Waals surface area contributed by atoms with E-state index in [1.807, 2.05) is 0 Å². The van der Waals surface area contributed by atoms with Gasteiger partial charge in [-0.25, -0.2) is 0 Å². The molecule has 3 heteroatoms. The molecule has 0 radical (unpaired) electrons. The number of carbonyl (C=O) groups excluding carboxylic acids is 1. The predicted molar refractivity (Wildman–Crippen MR) is 100 cm³/mol. The van der Waals surface area contributed by atoms with Crippen LogP contribution in [0, 0.1) is 11.3 Å². The van der Waals surface area contributed by atoms with Crippen molar-refractivity contribution >= 4 is 16.5 Å². The van der Waals surface area contributed by atoms with Gasteiger partial charge in [-0.2, -0.15) is 0 Å². The van der Waals surface area contributed by atoms with E-state index < -0.39 is 0 Å². The van der Waals surface area contributed by atoms with Crippen molar-refractivity contribution in [3.63, 3.8) is 0 Å². The number of rotatable bonds is 14. The second-order valence-corrected chi connectivity index (χ2v) is 7.24. The Morgan fingerprint density at radius 2 is 1.45 bits per heavy atom. The maximum Gasteiger partial charge on any atom is 0.298 e. The van der Waals surface area contributed by atoms with Gasteiger partial charge in [-0.1, -0.05) is 79.1 Å². The van der Waals surface area contributed by atoms with Gasteiger partial charge < -0.3 is 4.43 Å². The normalized spacial score (nSPS) is 13.3. The molecule has 0 aliphatic rings. The van der Waals surface area contributed by atoms with E-state index in [4.69, 9.17) is 4.43 Å². The topological polar surface area (TPSA) is 26.3 Å². The summed E-state index contributed by atoms with van der Waals surface area (Å²) in [5, 5.41) is 0. The molecule has 0 rings (SSSR count). The van der Waals surface area contributed by atoms with Crippen LogP contribution in [0.15, 0.2) is 0 Å². The zero-order valence-corrected chi connectivity index (χ0v) is 17.9. The summed E-state index contributed by atoms with van der Waals surface area (Å²) in [6, 6.07) is 0. The van der Waals surface area contributed by atoms with Crippen LogP contribution in [-0.4, -0.2) is 16.5 Å². The molecule has 0 amide bonds. The Labute approximate surface area is 142 Å². The van der Waals surface area contributed by atoms with Gasteiger partial charge in [-0.15, -0.1) is 0 Å². The molecule has 1 atom stereocenters. The van der Waals surface area contributed by atoms with Gasteiger partial charge in [0.15, 0.2) is 0 Å². The molecule has 0 aliphatic carbocycles. The molecule has 0 aromatic carbocycles. The lowest BCUT2D eigenvalue weighted by Crippen LogP contribution is -2.40. The van der Waals surface area contributed by atoms with E-state index in [1.165, 1.54) is 51.4 Å². The number of hydrogen-bond donors (Lipinski definition) is 0. The third-order valence-corrected chi connectivity index (χ3v) is 5.43. The first-order valence-corrected chi connectivity index (χ1v) is 10.5. The molecule has 0 fully saturated rings. The van der Waals surface area contributed by atoms with E-state index in [0.717, 1.165) is 25.7 Å². The van der Waals surface area contributed by atoms with Gasteiger partial charge in [0.25, 0.3) is 5.97 Å². The molecule has 0 spiro atoms. The maximum atomic E-state index is 12.7. The Balaban J connectivity index is 4.98. The SMILES string of the molecule is CCCCCCCC(CCC)C(CCC)(CCC)C(=O)O[SiH3]. The van der Waals surface area contributed by atoms with Crippen molar-refractivity contribution in [3.05, 3.63) is 0 Å². The van der Waals surface area contributed by atoms with E-state index >= 15 is 0 Å². The van der Waals surface area contributed by atoms with Gasteiger partial charge in [0.2, 0.25) is 10.5 Å². The molecule has 1 unspecified atom stereocenters. The Kier molecular flexibility index (Phi) is 13.0. The lowest BCUT2D eigenvalue weighted by Gasteiger charge is -2.39. The van der Waals surface area contributed by atoms with E-state index in [9.17, 15) is 4.79 Å². The summed E-state index contributed by atoms with van der Waals surface area (Å²) in [5.74, 6) is 0.621. The van der Waals surface area contributed by atoms with E-state index in [1.54, 1.807) is 0 Å². The van der Waals surface area contributed by atoms with Gasteiger partial charge >= 0.3 is 0 Å². The van der Waals surface area contributed by atoms with E-state index in [-0.39, 0.29) is 11.4 Å². The molecule has 0 saturated carbocycles. The van der Waals surface area contributed by atoms with Gasteiger partial charge in [-0.05, 0) is 31.6 Å². The minimum Gasteiger partial charge on any atom is -0.528 e. The van der Waals surface area contributed by atoms with Crippen molar-refractivity contribution in [1.29, 1.82) is 0 Å². The first-order valence-electron chi connectivity index (χ1n) is 9.71. The lowest BCUT2D eigenvalue weighted by atomic mass is 9.66. The van der Waals surface area contributed by atoms with Crippen LogP contribution in [0.3, 0.4) is 0 Å². The molecule has 0 saturated heterocycles. The van der Waals surface area contributed by atoms with Crippen molar-refractivity contribution in [2.45, 2.75) is 105 Å². The molecule has 0 aliphatic heterocycles. The van der Waals surface area contributed by atoms with Crippen LogP contribution in [0.1, 0.15) is 105 Å². The molecule has 0 aromatic rings. The van der Waals surface area contributed by atoms with Gasteiger partial charge in [0.05, 0.1) is 5.41 Å². The largest absolute Gasteiger partial charge is 0.528 e. The molecule has 2 nitrogen and oxygen atoms in total. The van der Waals surface area contributed by atoms with Crippen LogP contribution in [0.5, 0.6) is 0 Å². The van der Waals surface area contributed by atoms with Gasteiger partial charge in [-0.3, -0.25) is 4.79 Å².